The number of benzene rings is 2. The number of hydrogen-bond donors (Lipinski definition) is 1. The second-order valence-corrected chi connectivity index (χ2v) is 13.0. The largest absolute Gasteiger partial charge is 0.405 e. The van der Waals surface area contributed by atoms with Gasteiger partial charge in [-0.2, -0.15) is 0 Å². The zero-order chi connectivity index (χ0) is 20.6. The molecule has 0 heterocycles. The summed E-state index contributed by atoms with van der Waals surface area (Å²) in [4.78, 5) is 0. The van der Waals surface area contributed by atoms with Gasteiger partial charge < -0.3 is 9.53 Å². The Morgan fingerprint density at radius 2 is 1.46 bits per heavy atom. The molecule has 0 bridgehead atoms. The first-order valence-corrected chi connectivity index (χ1v) is 12.3. The van der Waals surface area contributed by atoms with Gasteiger partial charge in [0.2, 0.25) is 0 Å². The minimum absolute atomic E-state index is 0.00762. The number of aliphatic hydroxyl groups excluding tert-OH is 1. The Hall–Kier alpha value is -1.68. The van der Waals surface area contributed by atoms with E-state index in [0.717, 1.165) is 19.3 Å². The van der Waals surface area contributed by atoms with E-state index in [-0.39, 0.29) is 17.2 Å². The predicted octanol–water partition coefficient (Wildman–Crippen LogP) is 5.06. The molecule has 0 saturated heterocycles. The Morgan fingerprint density at radius 1 is 0.964 bits per heavy atom. The maximum absolute atomic E-state index is 9.98. The molecule has 2 aromatic rings. The van der Waals surface area contributed by atoms with Crippen molar-refractivity contribution in [3.05, 3.63) is 73.3 Å². The van der Waals surface area contributed by atoms with Gasteiger partial charge in [0, 0.05) is 6.10 Å². The van der Waals surface area contributed by atoms with E-state index < -0.39 is 8.32 Å². The van der Waals surface area contributed by atoms with Gasteiger partial charge in [-0.25, -0.2) is 0 Å². The molecule has 0 radical (unpaired) electrons. The van der Waals surface area contributed by atoms with E-state index in [1.165, 1.54) is 10.4 Å². The van der Waals surface area contributed by atoms with Crippen molar-refractivity contribution in [2.75, 3.05) is 0 Å². The van der Waals surface area contributed by atoms with Crippen LogP contribution >= 0.6 is 0 Å². The van der Waals surface area contributed by atoms with Crippen molar-refractivity contribution in [2.45, 2.75) is 70.6 Å². The summed E-state index contributed by atoms with van der Waals surface area (Å²) >= 11 is 0. The molecule has 2 atom stereocenters. The van der Waals surface area contributed by atoms with Gasteiger partial charge in [0.05, 0.1) is 6.10 Å². The zero-order valence-corrected chi connectivity index (χ0v) is 18.9. The summed E-state index contributed by atoms with van der Waals surface area (Å²) in [5.41, 5.74) is 0. The van der Waals surface area contributed by atoms with Gasteiger partial charge in [-0.3, -0.25) is 0 Å². The number of rotatable bonds is 10. The van der Waals surface area contributed by atoms with Gasteiger partial charge in [0.15, 0.2) is 0 Å². The highest BCUT2D eigenvalue weighted by molar-refractivity contribution is 6.99. The number of aliphatic hydroxyl groups is 1. The van der Waals surface area contributed by atoms with Crippen molar-refractivity contribution >= 4 is 18.7 Å². The third-order valence-electron chi connectivity index (χ3n) is 5.38. The SMILES string of the molecule is C=CC[C@H](O)CCCC(C)O[Si](c1ccccc1)(c1ccccc1)C(C)(C)C. The lowest BCUT2D eigenvalue weighted by Crippen LogP contribution is -2.67. The summed E-state index contributed by atoms with van der Waals surface area (Å²) in [7, 11) is -2.48. The van der Waals surface area contributed by atoms with Gasteiger partial charge >= 0.3 is 0 Å². The quantitative estimate of drug-likeness (QED) is 0.449. The van der Waals surface area contributed by atoms with Crippen LogP contribution in [0.5, 0.6) is 0 Å². The minimum Gasteiger partial charge on any atom is -0.405 e. The summed E-state index contributed by atoms with van der Waals surface area (Å²) < 4.78 is 7.05. The van der Waals surface area contributed by atoms with Gasteiger partial charge in [0.1, 0.15) is 0 Å². The predicted molar refractivity (Wildman–Crippen MR) is 123 cm³/mol. The Kier molecular flexibility index (Phi) is 8.23. The standard InChI is InChI=1S/C25H36O2Si/c1-6-14-22(26)16-13-15-21(2)27-28(25(3,4)5,23-17-9-7-10-18-23)24-19-11-8-12-20-24/h6-12,17-22,26H,1,13-16H2,2-5H3/t21?,22-/m0/s1. The average molecular weight is 397 g/mol. The Balaban J connectivity index is 2.32. The highest BCUT2D eigenvalue weighted by atomic mass is 28.4. The average Bonchev–Trinajstić information content (AvgIpc) is 2.67. The van der Waals surface area contributed by atoms with Crippen LogP contribution in [0.25, 0.3) is 0 Å². The molecule has 0 fully saturated rings. The molecule has 1 unspecified atom stereocenters. The molecule has 0 aromatic heterocycles. The summed E-state index contributed by atoms with van der Waals surface area (Å²) in [6, 6.07) is 21.5. The zero-order valence-electron chi connectivity index (χ0n) is 17.9. The van der Waals surface area contributed by atoms with Crippen molar-refractivity contribution in [2.24, 2.45) is 0 Å². The third kappa shape index (κ3) is 5.44. The fourth-order valence-corrected chi connectivity index (χ4v) is 8.74. The third-order valence-corrected chi connectivity index (χ3v) is 10.5. The van der Waals surface area contributed by atoms with Crippen LogP contribution in [0.3, 0.4) is 0 Å². The smallest absolute Gasteiger partial charge is 0.261 e. The molecule has 2 nitrogen and oxygen atoms in total. The molecular formula is C25H36O2Si. The van der Waals surface area contributed by atoms with Crippen molar-refractivity contribution in [1.82, 2.24) is 0 Å². The Labute approximate surface area is 172 Å². The molecule has 3 heteroatoms. The summed E-state index contributed by atoms with van der Waals surface area (Å²) in [6.07, 6.45) is 4.96. The van der Waals surface area contributed by atoms with E-state index in [9.17, 15) is 5.11 Å². The van der Waals surface area contributed by atoms with Crippen LogP contribution in [-0.4, -0.2) is 25.6 Å². The Morgan fingerprint density at radius 3 is 1.89 bits per heavy atom. The molecular weight excluding hydrogens is 360 g/mol. The van der Waals surface area contributed by atoms with Gasteiger partial charge in [-0.1, -0.05) is 87.5 Å². The van der Waals surface area contributed by atoms with E-state index in [1.807, 2.05) is 0 Å². The van der Waals surface area contributed by atoms with Crippen LogP contribution < -0.4 is 10.4 Å². The first-order chi connectivity index (χ1) is 13.3. The van der Waals surface area contributed by atoms with E-state index in [4.69, 9.17) is 4.43 Å². The van der Waals surface area contributed by atoms with Crippen LogP contribution in [0.4, 0.5) is 0 Å². The van der Waals surface area contributed by atoms with Gasteiger partial charge in [-0.05, 0) is 48.0 Å². The lowest BCUT2D eigenvalue weighted by atomic mass is 10.1. The molecule has 0 aliphatic heterocycles. The van der Waals surface area contributed by atoms with Crippen molar-refractivity contribution in [3.63, 3.8) is 0 Å². The molecule has 28 heavy (non-hydrogen) atoms. The van der Waals surface area contributed by atoms with Crippen molar-refractivity contribution in [1.29, 1.82) is 0 Å². The van der Waals surface area contributed by atoms with Gasteiger partial charge in [-0.15, -0.1) is 6.58 Å². The highest BCUT2D eigenvalue weighted by Crippen LogP contribution is 2.37. The first kappa shape index (κ1) is 22.6. The minimum atomic E-state index is -2.48. The maximum Gasteiger partial charge on any atom is 0.261 e. The molecule has 0 spiro atoms. The molecule has 0 saturated carbocycles. The maximum atomic E-state index is 9.98. The van der Waals surface area contributed by atoms with Crippen LogP contribution in [0.15, 0.2) is 73.3 Å². The van der Waals surface area contributed by atoms with Crippen LogP contribution in [0, 0.1) is 0 Å². The topological polar surface area (TPSA) is 29.5 Å². The van der Waals surface area contributed by atoms with Crippen LogP contribution in [0.2, 0.25) is 5.04 Å². The molecule has 1 N–H and O–H groups in total. The molecule has 0 aliphatic carbocycles. The summed E-state index contributed by atoms with van der Waals surface area (Å²) in [5, 5.41) is 12.6. The van der Waals surface area contributed by atoms with Crippen LogP contribution in [-0.2, 0) is 4.43 Å². The van der Waals surface area contributed by atoms with Crippen molar-refractivity contribution < 1.29 is 9.53 Å². The fourth-order valence-electron chi connectivity index (χ4n) is 4.00. The lowest BCUT2D eigenvalue weighted by Gasteiger charge is -2.44. The molecule has 152 valence electrons. The van der Waals surface area contributed by atoms with E-state index >= 15 is 0 Å². The molecule has 0 aliphatic rings. The monoisotopic (exact) mass is 396 g/mol. The molecule has 2 rings (SSSR count). The second-order valence-electron chi connectivity index (χ2n) is 8.70. The van der Waals surface area contributed by atoms with E-state index in [2.05, 4.69) is 94.9 Å². The lowest BCUT2D eigenvalue weighted by molar-refractivity contribution is 0.148. The highest BCUT2D eigenvalue weighted by Gasteiger charge is 2.50. The second kappa shape index (κ2) is 10.2. The molecule has 0 amide bonds. The van der Waals surface area contributed by atoms with Crippen molar-refractivity contribution in [3.8, 4) is 0 Å². The summed E-state index contributed by atoms with van der Waals surface area (Å²) in [5.74, 6) is 0. The van der Waals surface area contributed by atoms with Gasteiger partial charge in [0.25, 0.3) is 8.32 Å². The van der Waals surface area contributed by atoms with Crippen LogP contribution in [0.1, 0.15) is 53.4 Å². The normalized spacial score (nSPS) is 14.5. The summed E-state index contributed by atoms with van der Waals surface area (Å²) in [6.45, 7) is 12.8. The van der Waals surface area contributed by atoms with E-state index in [1.54, 1.807) is 6.08 Å². The Bertz CT molecular complexity index is 667. The van der Waals surface area contributed by atoms with E-state index in [0.29, 0.717) is 6.42 Å². The number of hydrogen-bond acceptors (Lipinski definition) is 2. The molecule has 2 aromatic carbocycles. The fraction of sp³-hybridized carbons (Fsp3) is 0.440. The first-order valence-electron chi connectivity index (χ1n) is 10.4.